The molecule has 0 aliphatic rings. The number of thioether (sulfide) groups is 1. The van der Waals surface area contributed by atoms with Gasteiger partial charge in [-0.25, -0.2) is 10.1 Å². The van der Waals surface area contributed by atoms with Crippen LogP contribution in [0.2, 0.25) is 0 Å². The van der Waals surface area contributed by atoms with Crippen LogP contribution in [0.15, 0.2) is 89.1 Å². The molecule has 0 aliphatic heterocycles. The molecule has 190 valence electrons. The summed E-state index contributed by atoms with van der Waals surface area (Å²) in [7, 11) is 1.61. The molecule has 4 rings (SSSR count). The number of ether oxygens (including phenoxy) is 2. The van der Waals surface area contributed by atoms with Gasteiger partial charge in [0.25, 0.3) is 5.95 Å². The summed E-state index contributed by atoms with van der Waals surface area (Å²) in [6, 6.07) is 25.0. The number of aromatic nitrogens is 3. The van der Waals surface area contributed by atoms with Crippen molar-refractivity contribution in [1.29, 1.82) is 0 Å². The molecular weight excluding hydrogens is 490 g/mol. The fourth-order valence-electron chi connectivity index (χ4n) is 3.19. The molecule has 10 nitrogen and oxygen atoms in total. The first-order valence-corrected chi connectivity index (χ1v) is 12.4. The molecule has 11 heteroatoms. The van der Waals surface area contributed by atoms with Gasteiger partial charge in [0.1, 0.15) is 18.1 Å². The van der Waals surface area contributed by atoms with E-state index in [9.17, 15) is 4.79 Å². The number of hydrogen-bond donors (Lipinski definition) is 3. The first-order valence-electron chi connectivity index (χ1n) is 11.4. The molecule has 37 heavy (non-hydrogen) atoms. The number of benzene rings is 3. The number of amides is 1. The van der Waals surface area contributed by atoms with Crippen LogP contribution in [0.5, 0.6) is 11.5 Å². The van der Waals surface area contributed by atoms with Gasteiger partial charge in [0.15, 0.2) is 0 Å². The van der Waals surface area contributed by atoms with Crippen LogP contribution in [0.4, 0.5) is 5.95 Å². The quantitative estimate of drug-likeness (QED) is 0.113. The van der Waals surface area contributed by atoms with Gasteiger partial charge in [-0.05, 0) is 35.4 Å². The molecule has 4 N–H and O–H groups in total. The van der Waals surface area contributed by atoms with E-state index in [0.717, 1.165) is 22.4 Å². The summed E-state index contributed by atoms with van der Waals surface area (Å²) in [5, 5.41) is 15.5. The molecule has 0 atom stereocenters. The molecule has 0 spiro atoms. The Labute approximate surface area is 218 Å². The van der Waals surface area contributed by atoms with Crippen molar-refractivity contribution >= 4 is 29.8 Å². The number of para-hydroxylation sites is 1. The number of rotatable bonds is 12. The van der Waals surface area contributed by atoms with E-state index in [0.29, 0.717) is 24.1 Å². The summed E-state index contributed by atoms with van der Waals surface area (Å²) >= 11 is 1.17. The maximum atomic E-state index is 12.2. The van der Waals surface area contributed by atoms with Gasteiger partial charge in [0, 0.05) is 12.1 Å². The van der Waals surface area contributed by atoms with Crippen LogP contribution in [-0.2, 0) is 17.9 Å². The van der Waals surface area contributed by atoms with Gasteiger partial charge < -0.3 is 20.6 Å². The van der Waals surface area contributed by atoms with Crippen molar-refractivity contribution in [1.82, 2.24) is 20.2 Å². The van der Waals surface area contributed by atoms with Crippen molar-refractivity contribution in [2.24, 2.45) is 5.10 Å². The van der Waals surface area contributed by atoms with Gasteiger partial charge in [-0.2, -0.15) is 5.10 Å². The topological polar surface area (TPSA) is 129 Å². The van der Waals surface area contributed by atoms with Gasteiger partial charge in [0.2, 0.25) is 11.1 Å². The summed E-state index contributed by atoms with van der Waals surface area (Å²) in [4.78, 5) is 12.2. The molecule has 1 heterocycles. The second-order valence-electron chi connectivity index (χ2n) is 7.77. The largest absolute Gasteiger partial charge is 0.497 e. The summed E-state index contributed by atoms with van der Waals surface area (Å²) in [6.45, 7) is 0.862. The molecule has 0 aliphatic carbocycles. The van der Waals surface area contributed by atoms with Crippen molar-refractivity contribution in [3.8, 4) is 11.5 Å². The van der Waals surface area contributed by atoms with Crippen molar-refractivity contribution in [3.05, 3.63) is 95.6 Å². The molecule has 0 bridgehead atoms. The summed E-state index contributed by atoms with van der Waals surface area (Å²) in [5.41, 5.74) is 5.61. The summed E-state index contributed by atoms with van der Waals surface area (Å²) in [5.74, 6) is 7.76. The Balaban J connectivity index is 1.26. The Bertz CT molecular complexity index is 1330. The number of nitrogen functional groups attached to an aromatic ring is 1. The molecule has 1 amide bonds. The van der Waals surface area contributed by atoms with Crippen LogP contribution in [0.1, 0.15) is 16.7 Å². The van der Waals surface area contributed by atoms with Gasteiger partial charge in [-0.15, -0.1) is 10.2 Å². The van der Waals surface area contributed by atoms with E-state index in [1.807, 2.05) is 78.9 Å². The van der Waals surface area contributed by atoms with Gasteiger partial charge in [0.05, 0.1) is 19.1 Å². The molecule has 3 aromatic carbocycles. The zero-order valence-corrected chi connectivity index (χ0v) is 21.0. The minimum Gasteiger partial charge on any atom is -0.497 e. The SMILES string of the molecule is COc1ccc(CNC(=O)CSc2nnc(N/N=C/c3ccccc3OCc3ccccc3)n2N)cc1. The number of carbonyl (C=O) groups excluding carboxylic acids is 1. The molecule has 0 saturated carbocycles. The predicted octanol–water partition coefficient (Wildman–Crippen LogP) is 3.43. The van der Waals surface area contributed by atoms with Gasteiger partial charge in [-0.1, -0.05) is 66.4 Å². The molecule has 1 aromatic heterocycles. The van der Waals surface area contributed by atoms with Crippen LogP contribution in [-0.4, -0.2) is 39.9 Å². The number of nitrogens with two attached hydrogens (primary N) is 1. The fraction of sp³-hybridized carbons (Fsp3) is 0.154. The van der Waals surface area contributed by atoms with E-state index in [-0.39, 0.29) is 17.6 Å². The van der Waals surface area contributed by atoms with E-state index < -0.39 is 0 Å². The van der Waals surface area contributed by atoms with Crippen molar-refractivity contribution in [2.75, 3.05) is 24.1 Å². The molecule has 0 radical (unpaired) electrons. The Hall–Kier alpha value is -4.51. The summed E-state index contributed by atoms with van der Waals surface area (Å²) in [6.07, 6.45) is 1.62. The zero-order valence-electron chi connectivity index (χ0n) is 20.2. The predicted molar refractivity (Wildman–Crippen MR) is 144 cm³/mol. The Morgan fingerprint density at radius 1 is 1.03 bits per heavy atom. The molecule has 0 unspecified atom stereocenters. The van der Waals surface area contributed by atoms with Crippen molar-refractivity contribution in [2.45, 2.75) is 18.3 Å². The number of nitrogens with zero attached hydrogens (tertiary/aromatic N) is 4. The van der Waals surface area contributed by atoms with E-state index >= 15 is 0 Å². The first-order chi connectivity index (χ1) is 18.1. The van der Waals surface area contributed by atoms with Crippen LogP contribution in [0, 0.1) is 0 Å². The number of anilines is 1. The van der Waals surface area contributed by atoms with E-state index in [2.05, 4.69) is 26.0 Å². The highest BCUT2D eigenvalue weighted by molar-refractivity contribution is 7.99. The molecule has 0 fully saturated rings. The highest BCUT2D eigenvalue weighted by Crippen LogP contribution is 2.19. The smallest absolute Gasteiger partial charge is 0.264 e. The molecular formula is C26H27N7O3S. The fourth-order valence-corrected chi connectivity index (χ4v) is 3.88. The lowest BCUT2D eigenvalue weighted by molar-refractivity contribution is -0.118. The van der Waals surface area contributed by atoms with Crippen LogP contribution in [0.3, 0.4) is 0 Å². The third-order valence-electron chi connectivity index (χ3n) is 5.17. The lowest BCUT2D eigenvalue weighted by Crippen LogP contribution is -2.25. The third kappa shape index (κ3) is 7.48. The zero-order chi connectivity index (χ0) is 25.9. The second-order valence-corrected chi connectivity index (χ2v) is 8.71. The number of hydrogen-bond acceptors (Lipinski definition) is 9. The Morgan fingerprint density at radius 3 is 2.57 bits per heavy atom. The van der Waals surface area contributed by atoms with Crippen molar-refractivity contribution < 1.29 is 14.3 Å². The number of carbonyl (C=O) groups is 1. The van der Waals surface area contributed by atoms with Crippen LogP contribution < -0.4 is 26.1 Å². The average molecular weight is 518 g/mol. The molecule has 4 aromatic rings. The standard InChI is InChI=1S/C26H27N7O3S/c1-35-22-13-11-19(12-14-22)15-28-24(34)18-37-26-32-31-25(33(26)27)30-29-16-21-9-5-6-10-23(21)36-17-20-7-3-2-4-8-20/h2-14,16H,15,17-18,27H2,1H3,(H,28,34)(H,30,31)/b29-16+. The van der Waals surface area contributed by atoms with Crippen LogP contribution >= 0.6 is 11.8 Å². The number of nitrogens with one attached hydrogen (secondary N) is 2. The Kier molecular flexibility index (Phi) is 8.97. The van der Waals surface area contributed by atoms with Gasteiger partial charge >= 0.3 is 0 Å². The lowest BCUT2D eigenvalue weighted by Gasteiger charge is -2.09. The van der Waals surface area contributed by atoms with Crippen LogP contribution in [0.25, 0.3) is 0 Å². The maximum Gasteiger partial charge on any atom is 0.264 e. The maximum absolute atomic E-state index is 12.2. The third-order valence-corrected chi connectivity index (χ3v) is 6.11. The monoisotopic (exact) mass is 517 g/mol. The highest BCUT2D eigenvalue weighted by atomic mass is 32.2. The summed E-state index contributed by atoms with van der Waals surface area (Å²) < 4.78 is 12.3. The van der Waals surface area contributed by atoms with E-state index in [4.69, 9.17) is 15.3 Å². The minimum atomic E-state index is -0.150. The second kappa shape index (κ2) is 13.0. The number of methoxy groups -OCH3 is 1. The van der Waals surface area contributed by atoms with Crippen molar-refractivity contribution in [3.63, 3.8) is 0 Å². The van der Waals surface area contributed by atoms with Gasteiger partial charge in [-0.3, -0.25) is 4.79 Å². The van der Waals surface area contributed by atoms with E-state index in [1.54, 1.807) is 13.3 Å². The van der Waals surface area contributed by atoms with E-state index in [1.165, 1.54) is 16.4 Å². The highest BCUT2D eigenvalue weighted by Gasteiger charge is 2.12. The first kappa shape index (κ1) is 25.6. The Morgan fingerprint density at radius 2 is 1.78 bits per heavy atom. The lowest BCUT2D eigenvalue weighted by atomic mass is 10.2. The number of hydrazone groups is 1. The average Bonchev–Trinajstić information content (AvgIpc) is 3.29. The normalized spacial score (nSPS) is 10.8. The minimum absolute atomic E-state index is 0.140. The molecule has 0 saturated heterocycles.